The summed E-state index contributed by atoms with van der Waals surface area (Å²) in [5.41, 5.74) is -3.14. The lowest BCUT2D eigenvalue weighted by Gasteiger charge is -2.19. The van der Waals surface area contributed by atoms with Gasteiger partial charge < -0.3 is 10.6 Å². The monoisotopic (exact) mass is 628 g/mol. The fourth-order valence-electron chi connectivity index (χ4n) is 3.19. The Morgan fingerprint density at radius 1 is 0.846 bits per heavy atom. The smallest absolute Gasteiger partial charge is 0.354 e. The highest BCUT2D eigenvalue weighted by Crippen LogP contribution is 2.41. The van der Waals surface area contributed by atoms with E-state index in [1.807, 2.05) is 10.6 Å². The normalized spacial score (nSPS) is 13.4. The Morgan fingerprint density at radius 3 is 1.92 bits per heavy atom. The molecule has 39 heavy (non-hydrogen) atoms. The van der Waals surface area contributed by atoms with E-state index in [4.69, 9.17) is 34.8 Å². The van der Waals surface area contributed by atoms with Gasteiger partial charge in [0, 0.05) is 13.1 Å². The van der Waals surface area contributed by atoms with Crippen molar-refractivity contribution in [2.24, 2.45) is 0 Å². The Bertz CT molecular complexity index is 1220. The predicted octanol–water partition coefficient (Wildman–Crippen LogP) is 7.82. The molecule has 0 saturated heterocycles. The quantitative estimate of drug-likeness (QED) is 0.178. The average molecular weight is 630 g/mol. The molecule has 0 aliphatic carbocycles. The molecule has 2 rings (SSSR count). The van der Waals surface area contributed by atoms with Crippen LogP contribution < -0.4 is 10.6 Å². The first-order valence-corrected chi connectivity index (χ1v) is 11.6. The topological polar surface area (TPSA) is 58.2 Å². The highest BCUT2D eigenvalue weighted by Gasteiger charge is 2.40. The number of halogens is 12. The zero-order valence-electron chi connectivity index (χ0n) is 19.1. The number of alkyl halides is 9. The van der Waals surface area contributed by atoms with Crippen molar-refractivity contribution in [3.05, 3.63) is 73.7 Å². The molecule has 1 unspecified atom stereocenters. The number of benzene rings is 2. The molecule has 0 aromatic heterocycles. The Hall–Kier alpha value is -2.64. The molecular weight excluding hydrogens is 614 g/mol. The van der Waals surface area contributed by atoms with Gasteiger partial charge in [0.1, 0.15) is 6.42 Å². The van der Waals surface area contributed by atoms with E-state index in [9.17, 15) is 49.1 Å². The summed E-state index contributed by atoms with van der Waals surface area (Å²) in [6.07, 6.45) is -15.2. The van der Waals surface area contributed by atoms with Crippen molar-refractivity contribution in [3.8, 4) is 0 Å². The SMILES string of the molecule is O=C(CC(F)(F)F)NCCNC(=O)c1ccc(C=CC(c2cc(Cl)c(Cl)c(Cl)c2)C(F)(F)F)cc1C(F)(F)F. The summed E-state index contributed by atoms with van der Waals surface area (Å²) in [5, 5.41) is 3.14. The molecule has 0 spiro atoms. The van der Waals surface area contributed by atoms with Gasteiger partial charge >= 0.3 is 18.5 Å². The standard InChI is InChI=1S/C23H16Cl3F9N2O2/c24-16-8-12(9-17(25)19(16)26)14(22(30,31)32)4-2-11-1-3-13(15(7-11)23(33,34)35)20(39)37-6-5-36-18(38)10-21(27,28)29/h1-4,7-9,14H,5-6,10H2,(H,36,38)(H,37,39). The van der Waals surface area contributed by atoms with Crippen LogP contribution in [0.25, 0.3) is 6.08 Å². The molecule has 2 N–H and O–H groups in total. The van der Waals surface area contributed by atoms with Gasteiger partial charge in [0.05, 0.1) is 32.1 Å². The zero-order valence-corrected chi connectivity index (χ0v) is 21.4. The van der Waals surface area contributed by atoms with Gasteiger partial charge in [-0.1, -0.05) is 53.0 Å². The van der Waals surface area contributed by atoms with E-state index in [1.165, 1.54) is 0 Å². The number of rotatable bonds is 8. The molecule has 2 aromatic carbocycles. The van der Waals surface area contributed by atoms with Gasteiger partial charge in [-0.2, -0.15) is 39.5 Å². The average Bonchev–Trinajstić information content (AvgIpc) is 2.77. The first kappa shape index (κ1) is 32.6. The lowest BCUT2D eigenvalue weighted by Crippen LogP contribution is -2.36. The highest BCUT2D eigenvalue weighted by atomic mass is 35.5. The lowest BCUT2D eigenvalue weighted by atomic mass is 9.96. The van der Waals surface area contributed by atoms with Crippen LogP contribution in [0.2, 0.25) is 15.1 Å². The Labute approximate surface area is 230 Å². The van der Waals surface area contributed by atoms with Crippen molar-refractivity contribution in [2.45, 2.75) is 30.9 Å². The number of hydrogen-bond acceptors (Lipinski definition) is 2. The van der Waals surface area contributed by atoms with Gasteiger partial charge in [0.15, 0.2) is 0 Å². The van der Waals surface area contributed by atoms with Gasteiger partial charge in [-0.05, 0) is 35.4 Å². The fraction of sp³-hybridized carbons (Fsp3) is 0.304. The maximum Gasteiger partial charge on any atom is 0.417 e. The molecule has 0 radical (unpaired) electrons. The van der Waals surface area contributed by atoms with Crippen LogP contribution in [0.3, 0.4) is 0 Å². The summed E-state index contributed by atoms with van der Waals surface area (Å²) in [5.74, 6) is -5.00. The van der Waals surface area contributed by atoms with Crippen molar-refractivity contribution >= 4 is 52.7 Å². The van der Waals surface area contributed by atoms with Gasteiger partial charge in [0.25, 0.3) is 5.91 Å². The number of nitrogens with one attached hydrogen (secondary N) is 2. The molecule has 2 amide bonds. The summed E-state index contributed by atoms with van der Waals surface area (Å²) >= 11 is 17.4. The molecule has 0 aliphatic heterocycles. The van der Waals surface area contributed by atoms with Crippen LogP contribution in [-0.2, 0) is 11.0 Å². The maximum absolute atomic E-state index is 13.7. The third kappa shape index (κ3) is 9.80. The molecule has 0 bridgehead atoms. The van der Waals surface area contributed by atoms with Crippen molar-refractivity contribution in [3.63, 3.8) is 0 Å². The molecule has 0 aliphatic rings. The Morgan fingerprint density at radius 2 is 1.41 bits per heavy atom. The van der Waals surface area contributed by atoms with E-state index in [-0.39, 0.29) is 20.6 Å². The van der Waals surface area contributed by atoms with Crippen LogP contribution in [0.1, 0.15) is 39.4 Å². The molecule has 0 saturated carbocycles. The van der Waals surface area contributed by atoms with E-state index in [0.717, 1.165) is 30.3 Å². The number of hydrogen-bond donors (Lipinski definition) is 2. The summed E-state index contributed by atoms with van der Waals surface area (Å²) in [4.78, 5) is 23.4. The number of carbonyl (C=O) groups excluding carboxylic acids is 2. The van der Waals surface area contributed by atoms with Crippen molar-refractivity contribution in [2.75, 3.05) is 13.1 Å². The Balaban J connectivity index is 2.25. The van der Waals surface area contributed by atoms with Crippen LogP contribution in [0, 0.1) is 0 Å². The molecule has 4 nitrogen and oxygen atoms in total. The van der Waals surface area contributed by atoms with Crippen LogP contribution in [0.5, 0.6) is 0 Å². The van der Waals surface area contributed by atoms with E-state index < -0.39 is 72.5 Å². The maximum atomic E-state index is 13.7. The van der Waals surface area contributed by atoms with Crippen LogP contribution in [-0.4, -0.2) is 37.3 Å². The molecular formula is C23H16Cl3F9N2O2. The van der Waals surface area contributed by atoms with Crippen LogP contribution in [0.15, 0.2) is 36.4 Å². The minimum atomic E-state index is -5.10. The highest BCUT2D eigenvalue weighted by molar-refractivity contribution is 6.48. The van der Waals surface area contributed by atoms with E-state index in [0.29, 0.717) is 12.1 Å². The number of allylic oxidation sites excluding steroid dienone is 1. The molecule has 1 atom stereocenters. The van der Waals surface area contributed by atoms with Crippen molar-refractivity contribution < 1.29 is 49.1 Å². The molecule has 0 heterocycles. The third-order valence-corrected chi connectivity index (χ3v) is 6.08. The zero-order chi connectivity index (χ0) is 29.8. The summed E-state index contributed by atoms with van der Waals surface area (Å²) in [7, 11) is 0. The molecule has 16 heteroatoms. The second-order valence-corrected chi connectivity index (χ2v) is 9.07. The minimum Gasteiger partial charge on any atom is -0.354 e. The van der Waals surface area contributed by atoms with Crippen molar-refractivity contribution in [1.82, 2.24) is 10.6 Å². The summed E-state index contributed by atoms with van der Waals surface area (Å²) in [6.45, 7) is -0.999. The van der Waals surface area contributed by atoms with Gasteiger partial charge in [-0.3, -0.25) is 9.59 Å². The molecule has 214 valence electrons. The number of amides is 2. The first-order valence-electron chi connectivity index (χ1n) is 10.5. The second-order valence-electron chi connectivity index (χ2n) is 7.88. The second kappa shape index (κ2) is 12.7. The summed E-state index contributed by atoms with van der Waals surface area (Å²) < 4.78 is 118. The van der Waals surface area contributed by atoms with E-state index >= 15 is 0 Å². The molecule has 0 fully saturated rings. The van der Waals surface area contributed by atoms with E-state index in [1.54, 1.807) is 0 Å². The van der Waals surface area contributed by atoms with Gasteiger partial charge in [-0.15, -0.1) is 0 Å². The largest absolute Gasteiger partial charge is 0.417 e. The fourth-order valence-corrected chi connectivity index (χ4v) is 3.80. The van der Waals surface area contributed by atoms with Gasteiger partial charge in [-0.25, -0.2) is 0 Å². The lowest BCUT2D eigenvalue weighted by molar-refractivity contribution is -0.153. The first-order chi connectivity index (χ1) is 17.8. The van der Waals surface area contributed by atoms with Gasteiger partial charge in [0.2, 0.25) is 5.91 Å². The van der Waals surface area contributed by atoms with Crippen LogP contribution in [0.4, 0.5) is 39.5 Å². The minimum absolute atomic E-state index is 0.181. The number of carbonyl (C=O) groups is 2. The Kier molecular flexibility index (Phi) is 10.6. The molecule has 2 aromatic rings. The van der Waals surface area contributed by atoms with E-state index in [2.05, 4.69) is 0 Å². The van der Waals surface area contributed by atoms with Crippen LogP contribution >= 0.6 is 34.8 Å². The van der Waals surface area contributed by atoms with Crippen molar-refractivity contribution in [1.29, 1.82) is 0 Å². The predicted molar refractivity (Wildman–Crippen MR) is 127 cm³/mol. The summed E-state index contributed by atoms with van der Waals surface area (Å²) in [6, 6.07) is 3.96. The third-order valence-electron chi connectivity index (χ3n) is 4.89.